The number of thiol groups is 1. The molecule has 5 nitrogen and oxygen atoms in total. The average Bonchev–Trinajstić information content (AvgIpc) is 2.81. The minimum absolute atomic E-state index is 0.0334. The van der Waals surface area contributed by atoms with Crippen molar-refractivity contribution >= 4 is 20.5 Å². The molecule has 0 aromatic rings. The maximum absolute atomic E-state index is 10.8. The summed E-state index contributed by atoms with van der Waals surface area (Å²) in [6.45, 7) is 4.96. The van der Waals surface area contributed by atoms with Crippen molar-refractivity contribution in [3.05, 3.63) is 0 Å². The van der Waals surface area contributed by atoms with Gasteiger partial charge in [-0.05, 0) is 44.3 Å². The summed E-state index contributed by atoms with van der Waals surface area (Å²) < 4.78 is 21.3. The first-order chi connectivity index (χ1) is 16.9. The van der Waals surface area contributed by atoms with E-state index < -0.39 is 7.82 Å². The van der Waals surface area contributed by atoms with Crippen LogP contribution in [0, 0.1) is 5.92 Å². The van der Waals surface area contributed by atoms with Crippen LogP contribution in [0.3, 0.4) is 0 Å². The first-order valence-electron chi connectivity index (χ1n) is 14.8. The van der Waals surface area contributed by atoms with E-state index in [1.165, 1.54) is 128 Å². The summed E-state index contributed by atoms with van der Waals surface area (Å²) in [5.41, 5.74) is 0. The van der Waals surface area contributed by atoms with Crippen molar-refractivity contribution in [2.45, 2.75) is 155 Å². The van der Waals surface area contributed by atoms with E-state index in [9.17, 15) is 4.57 Å². The Morgan fingerprint density at radius 1 is 0.657 bits per heavy atom. The Morgan fingerprint density at radius 3 is 1.51 bits per heavy atom. The van der Waals surface area contributed by atoms with Gasteiger partial charge < -0.3 is 14.5 Å². The van der Waals surface area contributed by atoms with Gasteiger partial charge in [-0.15, -0.1) is 0 Å². The molecule has 0 amide bonds. The van der Waals surface area contributed by atoms with Gasteiger partial charge in [0.1, 0.15) is 0 Å². The Balaban J connectivity index is 3.98. The van der Waals surface area contributed by atoms with Crippen LogP contribution in [0.5, 0.6) is 0 Å². The lowest BCUT2D eigenvalue weighted by molar-refractivity contribution is 0.0113. The molecule has 2 atom stereocenters. The molecule has 2 N–H and O–H groups in total. The second kappa shape index (κ2) is 26.0. The van der Waals surface area contributed by atoms with E-state index in [-0.39, 0.29) is 12.7 Å². The number of phosphoric ester groups is 1. The van der Waals surface area contributed by atoms with Crippen molar-refractivity contribution in [3.8, 4) is 0 Å². The number of ether oxygens (including phenoxy) is 1. The maximum atomic E-state index is 10.8. The fourth-order valence-corrected chi connectivity index (χ4v) is 5.32. The number of hydrogen-bond acceptors (Lipinski definition) is 4. The predicted molar refractivity (Wildman–Crippen MR) is 153 cm³/mol. The quantitative estimate of drug-likeness (QED) is 0.0526. The molecule has 0 aliphatic carbocycles. The van der Waals surface area contributed by atoms with Gasteiger partial charge in [-0.1, -0.05) is 116 Å². The smallest absolute Gasteiger partial charge is 0.378 e. The molecule has 7 heteroatoms. The van der Waals surface area contributed by atoms with Crippen LogP contribution in [-0.2, 0) is 13.8 Å². The molecule has 0 fully saturated rings. The molecule has 0 saturated heterocycles. The molecular weight excluding hydrogens is 479 g/mol. The molecular formula is C28H59O5PS. The summed E-state index contributed by atoms with van der Waals surface area (Å²) in [6.07, 6.45) is 27.4. The molecule has 0 saturated carbocycles. The number of unbranched alkanes of at least 4 members (excludes halogenated alkanes) is 16. The van der Waals surface area contributed by atoms with E-state index >= 15 is 0 Å². The number of rotatable bonds is 28. The molecule has 35 heavy (non-hydrogen) atoms. The molecule has 2 unspecified atom stereocenters. The molecule has 0 aromatic carbocycles. The highest BCUT2D eigenvalue weighted by Crippen LogP contribution is 2.35. The van der Waals surface area contributed by atoms with E-state index in [4.69, 9.17) is 14.5 Å². The summed E-state index contributed by atoms with van der Waals surface area (Å²) in [5, 5.41) is 0. The Kier molecular flexibility index (Phi) is 26.4. The lowest BCUT2D eigenvalue weighted by atomic mass is 9.90. The summed E-state index contributed by atoms with van der Waals surface area (Å²) in [4.78, 5) is 17.6. The van der Waals surface area contributed by atoms with Crippen LogP contribution in [0.2, 0.25) is 0 Å². The van der Waals surface area contributed by atoms with Gasteiger partial charge in [0.2, 0.25) is 0 Å². The average molecular weight is 539 g/mol. The van der Waals surface area contributed by atoms with Crippen LogP contribution >= 0.6 is 20.5 Å². The van der Waals surface area contributed by atoms with Crippen molar-refractivity contribution in [2.75, 3.05) is 19.0 Å². The van der Waals surface area contributed by atoms with Crippen LogP contribution in [0.4, 0.5) is 0 Å². The monoisotopic (exact) mass is 538 g/mol. The molecule has 212 valence electrons. The van der Waals surface area contributed by atoms with Crippen LogP contribution in [0.1, 0.15) is 149 Å². The maximum Gasteiger partial charge on any atom is 0.469 e. The Bertz CT molecular complexity index is 474. The first kappa shape index (κ1) is 35.4. The topological polar surface area (TPSA) is 76.0 Å². The van der Waals surface area contributed by atoms with Crippen molar-refractivity contribution < 1.29 is 23.6 Å². The molecule has 0 aromatic heterocycles. The van der Waals surface area contributed by atoms with Crippen LogP contribution in [-0.4, -0.2) is 34.9 Å². The minimum Gasteiger partial charge on any atom is -0.378 e. The molecule has 0 aliphatic heterocycles. The minimum atomic E-state index is -4.37. The second-order valence-corrected chi connectivity index (χ2v) is 12.0. The van der Waals surface area contributed by atoms with Crippen molar-refractivity contribution in [1.82, 2.24) is 0 Å². The summed E-state index contributed by atoms with van der Waals surface area (Å²) in [7, 11) is -4.37. The van der Waals surface area contributed by atoms with Crippen LogP contribution in [0.25, 0.3) is 0 Å². The number of hydrogen-bond donors (Lipinski definition) is 3. The zero-order chi connectivity index (χ0) is 26.0. The standard InChI is InChI=1S/C28H59O5PS/c1-3-4-5-6-7-8-9-10-11-12-13-15-18-22-28(23-19-16-14-17-20-26-35)27(2)32-24-21-25-33-34(29,30)31/h27-28,35H,3-26H2,1-2H3,(H2,29,30,31). The summed E-state index contributed by atoms with van der Waals surface area (Å²) in [5.74, 6) is 1.55. The van der Waals surface area contributed by atoms with E-state index in [1.807, 2.05) is 0 Å². The highest BCUT2D eigenvalue weighted by Gasteiger charge is 2.18. The Morgan fingerprint density at radius 2 is 1.09 bits per heavy atom. The van der Waals surface area contributed by atoms with Crippen molar-refractivity contribution in [1.29, 1.82) is 0 Å². The number of phosphoric acid groups is 1. The third-order valence-electron chi connectivity index (χ3n) is 7.00. The van der Waals surface area contributed by atoms with Gasteiger partial charge in [0.25, 0.3) is 0 Å². The van der Waals surface area contributed by atoms with Crippen molar-refractivity contribution in [2.24, 2.45) is 5.92 Å². The molecule has 0 aliphatic rings. The van der Waals surface area contributed by atoms with E-state index in [2.05, 4.69) is 31.0 Å². The normalized spacial score (nSPS) is 13.9. The third-order valence-corrected chi connectivity index (χ3v) is 7.84. The third kappa shape index (κ3) is 27.3. The van der Waals surface area contributed by atoms with Gasteiger partial charge >= 0.3 is 7.82 Å². The van der Waals surface area contributed by atoms with Gasteiger partial charge in [-0.25, -0.2) is 4.57 Å². The Hall–Kier alpha value is 0.420. The zero-order valence-electron chi connectivity index (χ0n) is 23.1. The van der Waals surface area contributed by atoms with E-state index in [1.54, 1.807) is 0 Å². The lowest BCUT2D eigenvalue weighted by Crippen LogP contribution is -2.22. The van der Waals surface area contributed by atoms with Gasteiger partial charge in [0, 0.05) is 6.61 Å². The summed E-state index contributed by atoms with van der Waals surface area (Å²) >= 11 is 4.30. The molecule has 0 radical (unpaired) electrons. The molecule has 0 spiro atoms. The van der Waals surface area contributed by atoms with Gasteiger partial charge in [-0.3, -0.25) is 4.52 Å². The fraction of sp³-hybridized carbons (Fsp3) is 1.00. The largest absolute Gasteiger partial charge is 0.469 e. The molecule has 0 heterocycles. The van der Waals surface area contributed by atoms with Crippen LogP contribution < -0.4 is 0 Å². The van der Waals surface area contributed by atoms with E-state index in [0.29, 0.717) is 18.9 Å². The van der Waals surface area contributed by atoms with Crippen molar-refractivity contribution in [3.63, 3.8) is 0 Å². The molecule has 0 rings (SSSR count). The second-order valence-electron chi connectivity index (χ2n) is 10.3. The zero-order valence-corrected chi connectivity index (χ0v) is 24.9. The highest BCUT2D eigenvalue weighted by molar-refractivity contribution is 7.80. The first-order valence-corrected chi connectivity index (χ1v) is 17.0. The van der Waals surface area contributed by atoms with Crippen LogP contribution in [0.15, 0.2) is 0 Å². The lowest BCUT2D eigenvalue weighted by Gasteiger charge is -2.24. The van der Waals surface area contributed by atoms with E-state index in [0.717, 1.165) is 5.75 Å². The summed E-state index contributed by atoms with van der Waals surface area (Å²) in [6, 6.07) is 0. The predicted octanol–water partition coefficient (Wildman–Crippen LogP) is 9.26. The molecule has 0 bridgehead atoms. The fourth-order valence-electron chi connectivity index (χ4n) is 4.73. The Labute approximate surface area is 223 Å². The van der Waals surface area contributed by atoms with Gasteiger partial charge in [0.05, 0.1) is 12.7 Å². The van der Waals surface area contributed by atoms with Gasteiger partial charge in [0.15, 0.2) is 0 Å². The SMILES string of the molecule is CCCCCCCCCCCCCCCC(CCCCCCCS)C(C)OCCCOP(=O)(O)O. The van der Waals surface area contributed by atoms with Gasteiger partial charge in [-0.2, -0.15) is 12.6 Å². The highest BCUT2D eigenvalue weighted by atomic mass is 32.1.